The van der Waals surface area contributed by atoms with E-state index in [2.05, 4.69) is 11.4 Å². The quantitative estimate of drug-likeness (QED) is 0.680. The second kappa shape index (κ2) is 5.85. The Balaban J connectivity index is 2.15. The van der Waals surface area contributed by atoms with E-state index in [9.17, 15) is 10.1 Å². The zero-order valence-corrected chi connectivity index (χ0v) is 11.0. The van der Waals surface area contributed by atoms with Crippen molar-refractivity contribution in [2.24, 2.45) is 0 Å². The summed E-state index contributed by atoms with van der Waals surface area (Å²) in [6, 6.07) is 14.0. The van der Waals surface area contributed by atoms with Gasteiger partial charge < -0.3 is 5.32 Å². The van der Waals surface area contributed by atoms with Gasteiger partial charge in [0.15, 0.2) is 0 Å². The Bertz CT molecular complexity index is 690. The van der Waals surface area contributed by atoms with Crippen molar-refractivity contribution in [3.63, 3.8) is 0 Å². The van der Waals surface area contributed by atoms with E-state index in [-0.39, 0.29) is 5.69 Å². The van der Waals surface area contributed by atoms with Crippen molar-refractivity contribution < 1.29 is 4.92 Å². The molecule has 0 aliphatic rings. The molecule has 0 saturated carbocycles. The Hall–Kier alpha value is -2.87. The smallest absolute Gasteiger partial charge is 0.269 e. The molecule has 0 bridgehead atoms. The zero-order chi connectivity index (χ0) is 14.5. The molecule has 0 aromatic heterocycles. The van der Waals surface area contributed by atoms with Gasteiger partial charge in [-0.05, 0) is 30.2 Å². The minimum Gasteiger partial charge on any atom is -0.381 e. The Labute approximate surface area is 116 Å². The molecule has 0 atom stereocenters. The van der Waals surface area contributed by atoms with Gasteiger partial charge in [-0.2, -0.15) is 5.26 Å². The Morgan fingerprint density at radius 1 is 1.30 bits per heavy atom. The predicted molar refractivity (Wildman–Crippen MR) is 76.3 cm³/mol. The first-order valence-electron chi connectivity index (χ1n) is 6.08. The number of hydrogen-bond acceptors (Lipinski definition) is 4. The topological polar surface area (TPSA) is 79.0 Å². The fraction of sp³-hybridized carbons (Fsp3) is 0.133. The fourth-order valence-corrected chi connectivity index (χ4v) is 1.86. The summed E-state index contributed by atoms with van der Waals surface area (Å²) in [5.74, 6) is 0. The number of nitrogens with one attached hydrogen (secondary N) is 1. The van der Waals surface area contributed by atoms with Gasteiger partial charge in [-0.25, -0.2) is 0 Å². The lowest BCUT2D eigenvalue weighted by molar-refractivity contribution is -0.384. The van der Waals surface area contributed by atoms with Crippen LogP contribution in [-0.2, 0) is 6.54 Å². The van der Waals surface area contributed by atoms with Crippen LogP contribution in [0.2, 0.25) is 0 Å². The molecule has 0 unspecified atom stereocenters. The van der Waals surface area contributed by atoms with Crippen LogP contribution in [0.5, 0.6) is 0 Å². The van der Waals surface area contributed by atoms with E-state index >= 15 is 0 Å². The van der Waals surface area contributed by atoms with Crippen LogP contribution in [0.25, 0.3) is 0 Å². The van der Waals surface area contributed by atoms with Crippen LogP contribution in [0.15, 0.2) is 42.5 Å². The highest BCUT2D eigenvalue weighted by atomic mass is 16.6. The molecular weight excluding hydrogens is 254 g/mol. The minimum absolute atomic E-state index is 0.0757. The van der Waals surface area contributed by atoms with Crippen molar-refractivity contribution in [2.75, 3.05) is 5.32 Å². The van der Waals surface area contributed by atoms with Gasteiger partial charge in [-0.3, -0.25) is 10.1 Å². The van der Waals surface area contributed by atoms with Gasteiger partial charge in [0.05, 0.1) is 16.6 Å². The number of nitro groups is 1. The molecule has 2 aromatic carbocycles. The average Bonchev–Trinajstić information content (AvgIpc) is 2.46. The third-order valence-electron chi connectivity index (χ3n) is 2.97. The third-order valence-corrected chi connectivity index (χ3v) is 2.97. The van der Waals surface area contributed by atoms with Crippen LogP contribution in [-0.4, -0.2) is 4.92 Å². The highest BCUT2D eigenvalue weighted by Crippen LogP contribution is 2.19. The highest BCUT2D eigenvalue weighted by molar-refractivity contribution is 5.55. The summed E-state index contributed by atoms with van der Waals surface area (Å²) in [5.41, 5.74) is 3.36. The van der Waals surface area contributed by atoms with E-state index in [1.165, 1.54) is 12.1 Å². The first kappa shape index (κ1) is 13.6. The molecule has 5 nitrogen and oxygen atoms in total. The van der Waals surface area contributed by atoms with Crippen molar-refractivity contribution in [2.45, 2.75) is 13.5 Å². The van der Waals surface area contributed by atoms with Gasteiger partial charge in [-0.1, -0.05) is 18.2 Å². The number of aryl methyl sites for hydroxylation is 1. The normalized spacial score (nSPS) is 9.80. The molecule has 5 heteroatoms. The Morgan fingerprint density at radius 2 is 2.10 bits per heavy atom. The van der Waals surface area contributed by atoms with Crippen molar-refractivity contribution in [1.29, 1.82) is 5.26 Å². The number of hydrogen-bond donors (Lipinski definition) is 1. The van der Waals surface area contributed by atoms with Crippen LogP contribution in [0.4, 0.5) is 11.4 Å². The molecular formula is C15H13N3O2. The highest BCUT2D eigenvalue weighted by Gasteiger charge is 2.06. The van der Waals surface area contributed by atoms with Crippen LogP contribution in [0, 0.1) is 28.4 Å². The number of nitriles is 1. The van der Waals surface area contributed by atoms with Gasteiger partial charge in [0.2, 0.25) is 0 Å². The molecule has 2 rings (SSSR count). The molecule has 20 heavy (non-hydrogen) atoms. The van der Waals surface area contributed by atoms with Crippen molar-refractivity contribution in [3.05, 3.63) is 69.3 Å². The van der Waals surface area contributed by atoms with Crippen LogP contribution < -0.4 is 5.32 Å². The SMILES string of the molecule is Cc1ccc(C#N)cc1NCc1cccc([N+](=O)[O-])c1. The van der Waals surface area contributed by atoms with Gasteiger partial charge >= 0.3 is 0 Å². The van der Waals surface area contributed by atoms with E-state index in [1.807, 2.05) is 19.1 Å². The minimum atomic E-state index is -0.412. The van der Waals surface area contributed by atoms with Gasteiger partial charge in [0, 0.05) is 24.4 Å². The number of benzene rings is 2. The molecule has 0 heterocycles. The summed E-state index contributed by atoms with van der Waals surface area (Å²) in [4.78, 5) is 10.3. The lowest BCUT2D eigenvalue weighted by Crippen LogP contribution is -2.02. The maximum absolute atomic E-state index is 10.7. The maximum Gasteiger partial charge on any atom is 0.269 e. The van der Waals surface area contributed by atoms with E-state index in [4.69, 9.17) is 5.26 Å². The average molecular weight is 267 g/mol. The molecule has 0 aliphatic heterocycles. The fourth-order valence-electron chi connectivity index (χ4n) is 1.86. The number of nitrogens with zero attached hydrogens (tertiary/aromatic N) is 2. The van der Waals surface area contributed by atoms with Gasteiger partial charge in [-0.15, -0.1) is 0 Å². The molecule has 2 aromatic rings. The van der Waals surface area contributed by atoms with E-state index < -0.39 is 4.92 Å². The standard InChI is InChI=1S/C15H13N3O2/c1-11-5-6-12(9-16)8-15(11)17-10-13-3-2-4-14(7-13)18(19)20/h2-8,17H,10H2,1H3. The zero-order valence-electron chi connectivity index (χ0n) is 11.0. The maximum atomic E-state index is 10.7. The molecule has 0 amide bonds. The second-order valence-electron chi connectivity index (χ2n) is 4.42. The summed E-state index contributed by atoms with van der Waals surface area (Å²) in [5, 5.41) is 22.8. The van der Waals surface area contributed by atoms with Crippen molar-refractivity contribution >= 4 is 11.4 Å². The third kappa shape index (κ3) is 3.12. The van der Waals surface area contributed by atoms with E-state index in [0.717, 1.165) is 16.8 Å². The largest absolute Gasteiger partial charge is 0.381 e. The lowest BCUT2D eigenvalue weighted by Gasteiger charge is -2.09. The Kier molecular flexibility index (Phi) is 3.96. The molecule has 0 aliphatic carbocycles. The summed E-state index contributed by atoms with van der Waals surface area (Å²) in [7, 11) is 0. The van der Waals surface area contributed by atoms with Gasteiger partial charge in [0.25, 0.3) is 5.69 Å². The number of nitro benzene ring substituents is 1. The molecule has 0 spiro atoms. The molecule has 0 radical (unpaired) electrons. The van der Waals surface area contributed by atoms with E-state index in [0.29, 0.717) is 12.1 Å². The lowest BCUT2D eigenvalue weighted by atomic mass is 10.1. The van der Waals surface area contributed by atoms with Gasteiger partial charge in [0.1, 0.15) is 0 Å². The Morgan fingerprint density at radius 3 is 2.80 bits per heavy atom. The van der Waals surface area contributed by atoms with Crippen LogP contribution >= 0.6 is 0 Å². The number of non-ortho nitro benzene ring substituents is 1. The monoisotopic (exact) mass is 267 g/mol. The number of rotatable bonds is 4. The first-order chi connectivity index (χ1) is 9.60. The molecule has 0 fully saturated rings. The predicted octanol–water partition coefficient (Wildman–Crippen LogP) is 3.39. The summed E-state index contributed by atoms with van der Waals surface area (Å²) in [6.07, 6.45) is 0. The summed E-state index contributed by atoms with van der Waals surface area (Å²) < 4.78 is 0. The number of anilines is 1. The van der Waals surface area contributed by atoms with Crippen LogP contribution in [0.3, 0.4) is 0 Å². The first-order valence-corrected chi connectivity index (χ1v) is 6.08. The molecule has 100 valence electrons. The summed E-state index contributed by atoms with van der Waals surface area (Å²) >= 11 is 0. The van der Waals surface area contributed by atoms with Crippen molar-refractivity contribution in [3.8, 4) is 6.07 Å². The summed E-state index contributed by atoms with van der Waals surface area (Å²) in [6.45, 7) is 2.41. The van der Waals surface area contributed by atoms with Crippen LogP contribution in [0.1, 0.15) is 16.7 Å². The molecule has 0 saturated heterocycles. The van der Waals surface area contributed by atoms with E-state index in [1.54, 1.807) is 18.2 Å². The van der Waals surface area contributed by atoms with Crippen molar-refractivity contribution in [1.82, 2.24) is 0 Å². The molecule has 1 N–H and O–H groups in total. The second-order valence-corrected chi connectivity index (χ2v) is 4.42.